The molecule has 2 aromatic carbocycles. The molecule has 2 rings (SSSR count). The number of halogens is 1. The Kier molecular flexibility index (Phi) is 5.88. The molecule has 0 unspecified atom stereocenters. The molecule has 0 atom stereocenters. The number of aryl methyl sites for hydroxylation is 2. The molecule has 2 N–H and O–H groups in total. The summed E-state index contributed by atoms with van der Waals surface area (Å²) in [7, 11) is 1.56. The second-order valence-corrected chi connectivity index (χ2v) is 5.77. The zero-order valence-corrected chi connectivity index (χ0v) is 14.3. The van der Waals surface area contributed by atoms with Crippen LogP contribution < -0.4 is 15.4 Å². The van der Waals surface area contributed by atoms with Crippen LogP contribution >= 0.6 is 11.6 Å². The fourth-order valence-electron chi connectivity index (χ4n) is 2.38. The molecule has 5 heteroatoms. The highest BCUT2D eigenvalue weighted by atomic mass is 35.5. The molecule has 0 heterocycles. The van der Waals surface area contributed by atoms with E-state index < -0.39 is 0 Å². The highest BCUT2D eigenvalue weighted by Gasteiger charge is 2.09. The van der Waals surface area contributed by atoms with E-state index in [1.165, 1.54) is 11.1 Å². The summed E-state index contributed by atoms with van der Waals surface area (Å²) in [5, 5.41) is 6.70. The number of hydrogen-bond donors (Lipinski definition) is 2. The second kappa shape index (κ2) is 7.88. The van der Waals surface area contributed by atoms with Gasteiger partial charge < -0.3 is 15.4 Å². The third-order valence-electron chi connectivity index (χ3n) is 3.57. The van der Waals surface area contributed by atoms with Gasteiger partial charge in [0, 0.05) is 23.7 Å². The Hall–Kier alpha value is -2.20. The van der Waals surface area contributed by atoms with Crippen molar-refractivity contribution in [2.45, 2.75) is 20.3 Å². The lowest BCUT2D eigenvalue weighted by molar-refractivity contribution is -0.116. The fourth-order valence-corrected chi connectivity index (χ4v) is 2.56. The topological polar surface area (TPSA) is 50.4 Å². The molecule has 0 bridgehead atoms. The van der Waals surface area contributed by atoms with E-state index in [2.05, 4.69) is 10.6 Å². The van der Waals surface area contributed by atoms with Gasteiger partial charge in [-0.1, -0.05) is 29.8 Å². The number of nitrogens with one attached hydrogen (secondary N) is 2. The summed E-state index contributed by atoms with van der Waals surface area (Å²) in [5.74, 6) is 0.495. The summed E-state index contributed by atoms with van der Waals surface area (Å²) < 4.78 is 5.22. The number of ether oxygens (including phenoxy) is 1. The zero-order chi connectivity index (χ0) is 16.8. The number of anilines is 2. The molecule has 1 amide bonds. The van der Waals surface area contributed by atoms with Crippen molar-refractivity contribution >= 4 is 28.9 Å². The number of hydrogen-bond acceptors (Lipinski definition) is 3. The van der Waals surface area contributed by atoms with E-state index in [1.807, 2.05) is 32.0 Å². The molecule has 2 aromatic rings. The summed E-state index contributed by atoms with van der Waals surface area (Å²) >= 11 is 5.96. The first-order valence-electron chi connectivity index (χ1n) is 7.44. The van der Waals surface area contributed by atoms with Crippen LogP contribution in [0.5, 0.6) is 5.75 Å². The molecular weight excluding hydrogens is 312 g/mol. The van der Waals surface area contributed by atoms with E-state index in [4.69, 9.17) is 16.3 Å². The minimum absolute atomic E-state index is 0.0932. The van der Waals surface area contributed by atoms with Crippen LogP contribution in [-0.2, 0) is 4.79 Å². The number of rotatable bonds is 6. The fraction of sp³-hybridized carbons (Fsp3) is 0.278. The Labute approximate surface area is 141 Å². The summed E-state index contributed by atoms with van der Waals surface area (Å²) in [6.07, 6.45) is 0.351. The Balaban J connectivity index is 1.92. The standard InChI is InChI=1S/C18H21ClN2O2/c1-12-5-4-6-13(2)18(12)20-10-9-17(22)21-15-11-14(19)7-8-16(15)23-3/h4-8,11,20H,9-10H2,1-3H3,(H,21,22). The minimum atomic E-state index is -0.0932. The molecule has 0 spiro atoms. The van der Waals surface area contributed by atoms with Crippen molar-refractivity contribution in [3.05, 3.63) is 52.5 Å². The number of para-hydroxylation sites is 1. The Bertz CT molecular complexity index is 681. The van der Waals surface area contributed by atoms with Crippen LogP contribution in [0, 0.1) is 13.8 Å². The van der Waals surface area contributed by atoms with E-state index in [1.54, 1.807) is 25.3 Å². The van der Waals surface area contributed by atoms with Crippen LogP contribution in [0.2, 0.25) is 5.02 Å². The number of methoxy groups -OCH3 is 1. The Morgan fingerprint density at radius 3 is 2.52 bits per heavy atom. The molecule has 0 aromatic heterocycles. The molecule has 4 nitrogen and oxygen atoms in total. The maximum absolute atomic E-state index is 12.1. The van der Waals surface area contributed by atoms with Crippen LogP contribution in [0.25, 0.3) is 0 Å². The van der Waals surface area contributed by atoms with E-state index in [-0.39, 0.29) is 5.91 Å². The second-order valence-electron chi connectivity index (χ2n) is 5.34. The Morgan fingerprint density at radius 1 is 1.17 bits per heavy atom. The molecule has 0 aliphatic heterocycles. The van der Waals surface area contributed by atoms with E-state index in [0.717, 1.165) is 5.69 Å². The van der Waals surface area contributed by atoms with Crippen molar-refractivity contribution < 1.29 is 9.53 Å². The lowest BCUT2D eigenvalue weighted by Gasteiger charge is -2.13. The third kappa shape index (κ3) is 4.63. The van der Waals surface area contributed by atoms with Crippen molar-refractivity contribution in [3.63, 3.8) is 0 Å². The van der Waals surface area contributed by atoms with Gasteiger partial charge in [-0.15, -0.1) is 0 Å². The normalized spacial score (nSPS) is 10.3. The predicted molar refractivity (Wildman–Crippen MR) is 95.7 cm³/mol. The van der Waals surface area contributed by atoms with Gasteiger partial charge in [0.15, 0.2) is 0 Å². The largest absolute Gasteiger partial charge is 0.495 e. The lowest BCUT2D eigenvalue weighted by Crippen LogP contribution is -2.17. The van der Waals surface area contributed by atoms with E-state index in [0.29, 0.717) is 29.4 Å². The van der Waals surface area contributed by atoms with Gasteiger partial charge in [0.2, 0.25) is 5.91 Å². The van der Waals surface area contributed by atoms with Crippen LogP contribution in [-0.4, -0.2) is 19.6 Å². The van der Waals surface area contributed by atoms with Crippen LogP contribution in [0.15, 0.2) is 36.4 Å². The SMILES string of the molecule is COc1ccc(Cl)cc1NC(=O)CCNc1c(C)cccc1C. The molecule has 23 heavy (non-hydrogen) atoms. The first-order chi connectivity index (χ1) is 11.0. The number of amides is 1. The van der Waals surface area contributed by atoms with Gasteiger partial charge in [0.1, 0.15) is 5.75 Å². The van der Waals surface area contributed by atoms with Crippen LogP contribution in [0.1, 0.15) is 17.5 Å². The van der Waals surface area contributed by atoms with Gasteiger partial charge >= 0.3 is 0 Å². The molecule has 0 saturated heterocycles. The van der Waals surface area contributed by atoms with Gasteiger partial charge in [0.25, 0.3) is 0 Å². The lowest BCUT2D eigenvalue weighted by atomic mass is 10.1. The zero-order valence-electron chi connectivity index (χ0n) is 13.6. The third-order valence-corrected chi connectivity index (χ3v) is 3.81. The minimum Gasteiger partial charge on any atom is -0.495 e. The maximum atomic E-state index is 12.1. The van der Waals surface area contributed by atoms with Crippen molar-refractivity contribution in [1.82, 2.24) is 0 Å². The van der Waals surface area contributed by atoms with Gasteiger partial charge in [-0.05, 0) is 43.2 Å². The molecule has 0 radical (unpaired) electrons. The van der Waals surface area contributed by atoms with E-state index in [9.17, 15) is 4.79 Å². The first-order valence-corrected chi connectivity index (χ1v) is 7.82. The van der Waals surface area contributed by atoms with Crippen molar-refractivity contribution in [1.29, 1.82) is 0 Å². The number of carbonyl (C=O) groups is 1. The average Bonchev–Trinajstić information content (AvgIpc) is 2.50. The molecular formula is C18H21ClN2O2. The highest BCUT2D eigenvalue weighted by molar-refractivity contribution is 6.31. The van der Waals surface area contributed by atoms with Crippen molar-refractivity contribution in [2.75, 3.05) is 24.3 Å². The summed E-state index contributed by atoms with van der Waals surface area (Å²) in [6.45, 7) is 4.65. The molecule has 122 valence electrons. The number of benzene rings is 2. The first kappa shape index (κ1) is 17.2. The smallest absolute Gasteiger partial charge is 0.226 e. The van der Waals surface area contributed by atoms with Gasteiger partial charge in [-0.3, -0.25) is 4.79 Å². The van der Waals surface area contributed by atoms with Crippen LogP contribution in [0.3, 0.4) is 0 Å². The van der Waals surface area contributed by atoms with Gasteiger partial charge in [-0.25, -0.2) is 0 Å². The monoisotopic (exact) mass is 332 g/mol. The molecule has 0 saturated carbocycles. The maximum Gasteiger partial charge on any atom is 0.226 e. The summed E-state index contributed by atoms with van der Waals surface area (Å²) in [6, 6.07) is 11.2. The van der Waals surface area contributed by atoms with Crippen molar-refractivity contribution in [3.8, 4) is 5.75 Å². The Morgan fingerprint density at radius 2 is 1.87 bits per heavy atom. The summed E-state index contributed by atoms with van der Waals surface area (Å²) in [4.78, 5) is 12.1. The van der Waals surface area contributed by atoms with Gasteiger partial charge in [0.05, 0.1) is 12.8 Å². The number of carbonyl (C=O) groups excluding carboxylic acids is 1. The van der Waals surface area contributed by atoms with E-state index >= 15 is 0 Å². The van der Waals surface area contributed by atoms with Gasteiger partial charge in [-0.2, -0.15) is 0 Å². The average molecular weight is 333 g/mol. The highest BCUT2D eigenvalue weighted by Crippen LogP contribution is 2.27. The predicted octanol–water partition coefficient (Wildman–Crippen LogP) is 4.41. The molecule has 0 fully saturated rings. The molecule has 0 aliphatic carbocycles. The van der Waals surface area contributed by atoms with Crippen molar-refractivity contribution in [2.24, 2.45) is 0 Å². The summed E-state index contributed by atoms with van der Waals surface area (Å²) in [5.41, 5.74) is 4.00. The molecule has 0 aliphatic rings. The van der Waals surface area contributed by atoms with Crippen LogP contribution in [0.4, 0.5) is 11.4 Å². The quantitative estimate of drug-likeness (QED) is 0.824.